The summed E-state index contributed by atoms with van der Waals surface area (Å²) in [5, 5.41) is 3.11. The molecular weight excluding hydrogens is 214 g/mol. The van der Waals surface area contributed by atoms with Crippen LogP contribution in [0, 0.1) is 12.3 Å². The van der Waals surface area contributed by atoms with Crippen molar-refractivity contribution in [3.63, 3.8) is 0 Å². The van der Waals surface area contributed by atoms with Crippen molar-refractivity contribution in [2.24, 2.45) is 0 Å². The van der Waals surface area contributed by atoms with Crippen LogP contribution in [-0.4, -0.2) is 20.8 Å². The van der Waals surface area contributed by atoms with Gasteiger partial charge in [0.15, 0.2) is 0 Å². The molecule has 0 aliphatic rings. The summed E-state index contributed by atoms with van der Waals surface area (Å²) in [5.74, 6) is 4.11. The molecule has 0 heterocycles. The maximum atomic E-state index is 5.25. The molecule has 0 fully saturated rings. The molecule has 0 aromatic heterocycles. The van der Waals surface area contributed by atoms with Crippen molar-refractivity contribution < 1.29 is 9.47 Å². The summed E-state index contributed by atoms with van der Waals surface area (Å²) in [4.78, 5) is 0. The zero-order valence-electron chi connectivity index (χ0n) is 11.0. The third-order valence-electron chi connectivity index (χ3n) is 2.04. The first-order valence-corrected chi connectivity index (χ1v) is 5.67. The van der Waals surface area contributed by atoms with E-state index in [2.05, 4.69) is 11.2 Å². The van der Waals surface area contributed by atoms with Gasteiger partial charge >= 0.3 is 0 Å². The Bertz CT molecular complexity index is 356. The molecule has 94 valence electrons. The van der Waals surface area contributed by atoms with Crippen molar-refractivity contribution in [3.8, 4) is 23.8 Å². The van der Waals surface area contributed by atoms with Gasteiger partial charge in [0.25, 0.3) is 0 Å². The second-order valence-corrected chi connectivity index (χ2v) is 2.99. The summed E-state index contributed by atoms with van der Waals surface area (Å²) in [6.45, 7) is 5.24. The van der Waals surface area contributed by atoms with Crippen LogP contribution in [-0.2, 0) is 6.54 Å². The molecule has 0 amide bonds. The highest BCUT2D eigenvalue weighted by molar-refractivity contribution is 5.40. The average Bonchev–Trinajstić information content (AvgIpc) is 2.41. The van der Waals surface area contributed by atoms with Crippen molar-refractivity contribution in [2.45, 2.75) is 20.4 Å². The Morgan fingerprint density at radius 1 is 1.24 bits per heavy atom. The molecule has 0 spiro atoms. The van der Waals surface area contributed by atoms with E-state index in [1.807, 2.05) is 32.0 Å². The Balaban J connectivity index is 0.00000121. The maximum Gasteiger partial charge on any atom is 0.127 e. The summed E-state index contributed by atoms with van der Waals surface area (Å²) < 4.78 is 10.4. The van der Waals surface area contributed by atoms with Crippen LogP contribution in [0.5, 0.6) is 11.5 Å². The molecule has 0 aliphatic carbocycles. The van der Waals surface area contributed by atoms with Gasteiger partial charge in [-0.2, -0.15) is 0 Å². The molecule has 17 heavy (non-hydrogen) atoms. The highest BCUT2D eigenvalue weighted by Crippen LogP contribution is 2.24. The van der Waals surface area contributed by atoms with Crippen LogP contribution < -0.4 is 14.8 Å². The minimum Gasteiger partial charge on any atom is -0.497 e. The number of benzene rings is 1. The van der Waals surface area contributed by atoms with E-state index in [9.17, 15) is 0 Å². The van der Waals surface area contributed by atoms with Crippen LogP contribution >= 0.6 is 0 Å². The molecule has 1 N–H and O–H groups in total. The standard InChI is InChI=1S/C12H15NO2.C2H6/c1-4-7-13-9-10-5-6-11(14-2)8-12(10)15-3;1-2/h1,5-6,8,13H,7,9H2,2-3H3;1-2H3. The number of hydrogen-bond acceptors (Lipinski definition) is 3. The van der Waals surface area contributed by atoms with Crippen molar-refractivity contribution in [3.05, 3.63) is 23.8 Å². The van der Waals surface area contributed by atoms with Crippen molar-refractivity contribution in [2.75, 3.05) is 20.8 Å². The largest absolute Gasteiger partial charge is 0.497 e. The zero-order valence-corrected chi connectivity index (χ0v) is 11.0. The molecule has 0 atom stereocenters. The predicted octanol–water partition coefficient (Wildman–Crippen LogP) is 2.45. The van der Waals surface area contributed by atoms with Crippen LogP contribution in [0.4, 0.5) is 0 Å². The Labute approximate surface area is 104 Å². The quantitative estimate of drug-likeness (QED) is 0.628. The first-order chi connectivity index (χ1) is 8.31. The van der Waals surface area contributed by atoms with E-state index >= 15 is 0 Å². The van der Waals surface area contributed by atoms with Gasteiger partial charge in [-0.05, 0) is 6.07 Å². The molecule has 0 aliphatic heterocycles. The third kappa shape index (κ3) is 5.28. The molecule has 0 saturated heterocycles. The van der Waals surface area contributed by atoms with Crippen LogP contribution in [0.2, 0.25) is 0 Å². The third-order valence-corrected chi connectivity index (χ3v) is 2.04. The maximum absolute atomic E-state index is 5.25. The van der Waals surface area contributed by atoms with E-state index in [0.717, 1.165) is 17.1 Å². The number of terminal acetylenes is 1. The van der Waals surface area contributed by atoms with E-state index in [1.165, 1.54) is 0 Å². The number of ether oxygens (including phenoxy) is 2. The lowest BCUT2D eigenvalue weighted by Gasteiger charge is -2.10. The van der Waals surface area contributed by atoms with Gasteiger partial charge in [-0.25, -0.2) is 0 Å². The molecule has 0 bridgehead atoms. The first kappa shape index (κ1) is 15.3. The van der Waals surface area contributed by atoms with Gasteiger partial charge in [-0.15, -0.1) is 6.42 Å². The molecule has 0 saturated carbocycles. The highest BCUT2D eigenvalue weighted by atomic mass is 16.5. The normalized spacial score (nSPS) is 8.65. The fourth-order valence-electron chi connectivity index (χ4n) is 1.27. The lowest BCUT2D eigenvalue weighted by atomic mass is 10.2. The minimum atomic E-state index is 0.551. The van der Waals surface area contributed by atoms with Gasteiger partial charge in [-0.3, -0.25) is 0 Å². The summed E-state index contributed by atoms with van der Waals surface area (Å²) >= 11 is 0. The van der Waals surface area contributed by atoms with E-state index in [1.54, 1.807) is 14.2 Å². The summed E-state index contributed by atoms with van der Waals surface area (Å²) in [6.07, 6.45) is 5.15. The van der Waals surface area contributed by atoms with Crippen LogP contribution in [0.3, 0.4) is 0 Å². The van der Waals surface area contributed by atoms with Crippen molar-refractivity contribution >= 4 is 0 Å². The number of rotatable bonds is 5. The number of hydrogen-bond donors (Lipinski definition) is 1. The lowest BCUT2D eigenvalue weighted by Crippen LogP contribution is -2.13. The van der Waals surface area contributed by atoms with Gasteiger partial charge in [0, 0.05) is 18.2 Å². The van der Waals surface area contributed by atoms with E-state index in [-0.39, 0.29) is 0 Å². The molecule has 0 radical (unpaired) electrons. The fourth-order valence-corrected chi connectivity index (χ4v) is 1.27. The second kappa shape index (κ2) is 9.56. The molecule has 0 unspecified atom stereocenters. The summed E-state index contributed by atoms with van der Waals surface area (Å²) in [5.41, 5.74) is 1.06. The lowest BCUT2D eigenvalue weighted by molar-refractivity contribution is 0.390. The van der Waals surface area contributed by atoms with Gasteiger partial charge < -0.3 is 14.8 Å². The van der Waals surface area contributed by atoms with Gasteiger partial charge in [0.05, 0.1) is 20.8 Å². The highest BCUT2D eigenvalue weighted by Gasteiger charge is 2.03. The first-order valence-electron chi connectivity index (χ1n) is 5.67. The Morgan fingerprint density at radius 2 is 1.94 bits per heavy atom. The SMILES string of the molecule is C#CCNCc1ccc(OC)cc1OC.CC. The molecule has 1 aromatic carbocycles. The molecular formula is C14H21NO2. The van der Waals surface area contributed by atoms with E-state index in [0.29, 0.717) is 13.1 Å². The number of methoxy groups -OCH3 is 2. The van der Waals surface area contributed by atoms with E-state index in [4.69, 9.17) is 15.9 Å². The van der Waals surface area contributed by atoms with Crippen LogP contribution in [0.25, 0.3) is 0 Å². The van der Waals surface area contributed by atoms with Gasteiger partial charge in [0.1, 0.15) is 11.5 Å². The van der Waals surface area contributed by atoms with Gasteiger partial charge in [-0.1, -0.05) is 25.8 Å². The van der Waals surface area contributed by atoms with E-state index < -0.39 is 0 Å². The zero-order chi connectivity index (χ0) is 13.1. The van der Waals surface area contributed by atoms with Gasteiger partial charge in [0.2, 0.25) is 0 Å². The molecule has 3 heteroatoms. The topological polar surface area (TPSA) is 30.5 Å². The monoisotopic (exact) mass is 235 g/mol. The van der Waals surface area contributed by atoms with Crippen molar-refractivity contribution in [1.29, 1.82) is 0 Å². The fraction of sp³-hybridized carbons (Fsp3) is 0.429. The Kier molecular flexibility index (Phi) is 8.62. The summed E-state index contributed by atoms with van der Waals surface area (Å²) in [7, 11) is 3.27. The average molecular weight is 235 g/mol. The van der Waals surface area contributed by atoms with Crippen LogP contribution in [0.1, 0.15) is 19.4 Å². The Hall–Kier alpha value is -1.66. The Morgan fingerprint density at radius 3 is 2.47 bits per heavy atom. The molecule has 1 aromatic rings. The van der Waals surface area contributed by atoms with Crippen molar-refractivity contribution in [1.82, 2.24) is 5.32 Å². The number of nitrogens with one attached hydrogen (secondary N) is 1. The predicted molar refractivity (Wildman–Crippen MR) is 71.4 cm³/mol. The molecule has 1 rings (SSSR count). The smallest absolute Gasteiger partial charge is 0.127 e. The second-order valence-electron chi connectivity index (χ2n) is 2.99. The summed E-state index contributed by atoms with van der Waals surface area (Å²) in [6, 6.07) is 5.71. The molecule has 3 nitrogen and oxygen atoms in total. The minimum absolute atomic E-state index is 0.551. The van der Waals surface area contributed by atoms with Crippen LogP contribution in [0.15, 0.2) is 18.2 Å².